The summed E-state index contributed by atoms with van der Waals surface area (Å²) in [5.41, 5.74) is 1.85. The number of hydrogen-bond acceptors (Lipinski definition) is 4. The number of urea groups is 1. The van der Waals surface area contributed by atoms with E-state index in [0.717, 1.165) is 46.7 Å². The second-order valence-corrected chi connectivity index (χ2v) is 9.53. The number of nitrogens with zero attached hydrogens (tertiary/aromatic N) is 1. The van der Waals surface area contributed by atoms with E-state index in [2.05, 4.69) is 31.3 Å². The van der Waals surface area contributed by atoms with Crippen LogP contribution in [0.2, 0.25) is 0 Å². The maximum Gasteiger partial charge on any atom is 0.321 e. The summed E-state index contributed by atoms with van der Waals surface area (Å²) >= 11 is 1.63. The highest BCUT2D eigenvalue weighted by Crippen LogP contribution is 2.31. The molecule has 0 aromatic heterocycles. The van der Waals surface area contributed by atoms with E-state index in [0.29, 0.717) is 19.7 Å². The summed E-state index contributed by atoms with van der Waals surface area (Å²) in [5, 5.41) is 3.08. The maximum absolute atomic E-state index is 13.0. The molecular weight excluding hydrogens is 444 g/mol. The second kappa shape index (κ2) is 16.2. The van der Waals surface area contributed by atoms with Crippen LogP contribution in [-0.4, -0.2) is 31.7 Å². The summed E-state index contributed by atoms with van der Waals surface area (Å²) in [4.78, 5) is 28.8. The fraction of sp³-hybridized carbons (Fsp3) is 0.500. The van der Waals surface area contributed by atoms with E-state index >= 15 is 0 Å². The monoisotopic (exact) mass is 484 g/mol. The van der Waals surface area contributed by atoms with Gasteiger partial charge in [0, 0.05) is 28.6 Å². The first-order valence-corrected chi connectivity index (χ1v) is 13.5. The number of carbonyl (C=O) groups excluding carboxylic acids is 2. The van der Waals surface area contributed by atoms with Crippen LogP contribution in [0.5, 0.6) is 0 Å². The Morgan fingerprint density at radius 3 is 2.32 bits per heavy atom. The van der Waals surface area contributed by atoms with Gasteiger partial charge >= 0.3 is 12.0 Å². The molecule has 0 fully saturated rings. The van der Waals surface area contributed by atoms with Gasteiger partial charge in [-0.15, -0.1) is 0 Å². The van der Waals surface area contributed by atoms with Gasteiger partial charge in [0.25, 0.3) is 0 Å². The van der Waals surface area contributed by atoms with Gasteiger partial charge in [0.1, 0.15) is 0 Å². The first kappa shape index (κ1) is 27.8. The molecule has 6 heteroatoms. The lowest BCUT2D eigenvalue weighted by Gasteiger charge is -2.24. The molecule has 0 heterocycles. The van der Waals surface area contributed by atoms with E-state index in [1.54, 1.807) is 11.8 Å². The lowest BCUT2D eigenvalue weighted by atomic mass is 10.1. The molecule has 2 aromatic carbocycles. The number of ether oxygens (including phenoxy) is 1. The highest BCUT2D eigenvalue weighted by Gasteiger charge is 2.16. The highest BCUT2D eigenvalue weighted by molar-refractivity contribution is 7.99. The average Bonchev–Trinajstić information content (AvgIpc) is 2.82. The van der Waals surface area contributed by atoms with E-state index in [-0.39, 0.29) is 18.4 Å². The number of esters is 1. The zero-order chi connectivity index (χ0) is 24.6. The van der Waals surface area contributed by atoms with E-state index in [9.17, 15) is 9.59 Å². The minimum absolute atomic E-state index is 0.0254. The molecule has 0 saturated carbocycles. The van der Waals surface area contributed by atoms with Gasteiger partial charge in [0.15, 0.2) is 0 Å². The van der Waals surface area contributed by atoms with Crippen LogP contribution in [0.3, 0.4) is 0 Å². The highest BCUT2D eigenvalue weighted by atomic mass is 32.2. The second-order valence-electron chi connectivity index (χ2n) is 8.38. The zero-order valence-corrected chi connectivity index (χ0v) is 21.8. The SMILES string of the molecule is CCCCCCCN(C(=O)NCCCC)c1cccc(Sc2cccc(CC(=O)OCC)c2)c1. The average molecular weight is 485 g/mol. The molecule has 1 N–H and O–H groups in total. The van der Waals surface area contributed by atoms with Crippen molar-refractivity contribution in [3.05, 3.63) is 54.1 Å². The number of unbranched alkanes of at least 4 members (excludes halogenated alkanes) is 5. The van der Waals surface area contributed by atoms with Crippen molar-refractivity contribution >= 4 is 29.4 Å². The van der Waals surface area contributed by atoms with Gasteiger partial charge < -0.3 is 10.1 Å². The van der Waals surface area contributed by atoms with Crippen molar-refractivity contribution in [2.45, 2.75) is 81.9 Å². The Balaban J connectivity index is 2.11. The fourth-order valence-electron chi connectivity index (χ4n) is 3.64. The standard InChI is InChI=1S/C28H40N2O3S/c1-4-7-9-10-11-19-30(28(32)29-18-8-5-2)24-15-13-17-26(22-24)34-25-16-12-14-23(20-25)21-27(31)33-6-3/h12-17,20,22H,4-11,18-19,21H2,1-3H3,(H,29,32). The van der Waals surface area contributed by atoms with Crippen molar-refractivity contribution in [1.82, 2.24) is 5.32 Å². The zero-order valence-electron chi connectivity index (χ0n) is 21.0. The largest absolute Gasteiger partial charge is 0.466 e. The minimum atomic E-state index is -0.213. The number of hydrogen-bond donors (Lipinski definition) is 1. The van der Waals surface area contributed by atoms with Crippen molar-refractivity contribution in [3.63, 3.8) is 0 Å². The number of anilines is 1. The van der Waals surface area contributed by atoms with Gasteiger partial charge in [0.2, 0.25) is 0 Å². The Kier molecular flexibility index (Phi) is 13.2. The van der Waals surface area contributed by atoms with Gasteiger partial charge in [-0.05, 0) is 55.7 Å². The van der Waals surface area contributed by atoms with Crippen molar-refractivity contribution in [1.29, 1.82) is 0 Å². The number of nitrogens with one attached hydrogen (secondary N) is 1. The lowest BCUT2D eigenvalue weighted by molar-refractivity contribution is -0.142. The van der Waals surface area contributed by atoms with Crippen LogP contribution in [-0.2, 0) is 16.0 Å². The Hall–Kier alpha value is -2.47. The van der Waals surface area contributed by atoms with Crippen LogP contribution in [0.4, 0.5) is 10.5 Å². The van der Waals surface area contributed by atoms with Crippen LogP contribution in [0.15, 0.2) is 58.3 Å². The van der Waals surface area contributed by atoms with Crippen LogP contribution in [0, 0.1) is 0 Å². The van der Waals surface area contributed by atoms with E-state index in [4.69, 9.17) is 4.74 Å². The lowest BCUT2D eigenvalue weighted by Crippen LogP contribution is -2.41. The number of amides is 2. The molecule has 2 amide bonds. The summed E-state index contributed by atoms with van der Waals surface area (Å²) in [7, 11) is 0. The maximum atomic E-state index is 13.0. The Morgan fingerprint density at radius 2 is 1.59 bits per heavy atom. The molecular formula is C28H40N2O3S. The molecule has 0 bridgehead atoms. The molecule has 0 aliphatic heterocycles. The number of rotatable bonds is 15. The Morgan fingerprint density at radius 1 is 0.882 bits per heavy atom. The molecule has 186 valence electrons. The third kappa shape index (κ3) is 10.2. The van der Waals surface area contributed by atoms with Crippen LogP contribution in [0.1, 0.15) is 71.3 Å². The van der Waals surface area contributed by atoms with Crippen LogP contribution in [0.25, 0.3) is 0 Å². The summed E-state index contributed by atoms with van der Waals surface area (Å²) < 4.78 is 5.07. The summed E-state index contributed by atoms with van der Waals surface area (Å²) in [6.07, 6.45) is 8.09. The summed E-state index contributed by atoms with van der Waals surface area (Å²) in [5.74, 6) is -0.213. The molecule has 0 atom stereocenters. The van der Waals surface area contributed by atoms with Crippen molar-refractivity contribution in [2.75, 3.05) is 24.6 Å². The Labute approximate surface area is 209 Å². The molecule has 0 saturated heterocycles. The third-order valence-corrected chi connectivity index (χ3v) is 6.43. The first-order valence-electron chi connectivity index (χ1n) is 12.6. The van der Waals surface area contributed by atoms with E-state index in [1.165, 1.54) is 19.3 Å². The molecule has 0 radical (unpaired) electrons. The number of benzene rings is 2. The molecule has 2 rings (SSSR count). The summed E-state index contributed by atoms with van der Waals surface area (Å²) in [6.45, 7) is 7.95. The molecule has 5 nitrogen and oxygen atoms in total. The van der Waals surface area contributed by atoms with Crippen molar-refractivity contribution in [3.8, 4) is 0 Å². The fourth-order valence-corrected chi connectivity index (χ4v) is 4.59. The Bertz CT molecular complexity index is 887. The van der Waals surface area contributed by atoms with Gasteiger partial charge in [-0.2, -0.15) is 0 Å². The molecule has 0 unspecified atom stereocenters. The molecule has 34 heavy (non-hydrogen) atoms. The van der Waals surface area contributed by atoms with Gasteiger partial charge in [-0.25, -0.2) is 4.79 Å². The summed E-state index contributed by atoms with van der Waals surface area (Å²) in [6, 6.07) is 16.1. The predicted molar refractivity (Wildman–Crippen MR) is 142 cm³/mol. The van der Waals surface area contributed by atoms with Crippen LogP contribution < -0.4 is 10.2 Å². The number of carbonyl (C=O) groups is 2. The molecule has 0 aliphatic carbocycles. The van der Waals surface area contributed by atoms with E-state index in [1.807, 2.05) is 48.2 Å². The van der Waals surface area contributed by atoms with Crippen molar-refractivity contribution < 1.29 is 14.3 Å². The predicted octanol–water partition coefficient (Wildman–Crippen LogP) is 7.23. The minimum Gasteiger partial charge on any atom is -0.466 e. The van der Waals surface area contributed by atoms with E-state index < -0.39 is 0 Å². The topological polar surface area (TPSA) is 58.6 Å². The smallest absolute Gasteiger partial charge is 0.321 e. The normalized spacial score (nSPS) is 10.7. The van der Waals surface area contributed by atoms with Gasteiger partial charge in [-0.3, -0.25) is 9.69 Å². The van der Waals surface area contributed by atoms with Gasteiger partial charge in [0.05, 0.1) is 13.0 Å². The van der Waals surface area contributed by atoms with Crippen LogP contribution >= 0.6 is 11.8 Å². The van der Waals surface area contributed by atoms with Crippen molar-refractivity contribution in [2.24, 2.45) is 0 Å². The quantitative estimate of drug-likeness (QED) is 0.214. The third-order valence-electron chi connectivity index (χ3n) is 5.45. The molecule has 0 aliphatic rings. The molecule has 2 aromatic rings. The first-order chi connectivity index (χ1) is 16.6. The van der Waals surface area contributed by atoms with Gasteiger partial charge in [-0.1, -0.05) is 75.9 Å². The molecule has 0 spiro atoms.